The zero-order valence-corrected chi connectivity index (χ0v) is 5.76. The first kappa shape index (κ1) is 8.62. The number of nitrogens with two attached hydrogens (primary N) is 1. The Bertz CT molecular complexity index is 75.5. The molecule has 0 spiro atoms. The van der Waals surface area contributed by atoms with E-state index in [1.54, 1.807) is 6.08 Å². The Balaban J connectivity index is 3.04. The Morgan fingerprint density at radius 3 is 3.00 bits per heavy atom. The highest BCUT2D eigenvalue weighted by Gasteiger charge is 1.95. The summed E-state index contributed by atoms with van der Waals surface area (Å²) in [5.74, 6) is 0. The van der Waals surface area contributed by atoms with Gasteiger partial charge in [0.1, 0.15) is 6.23 Å². The Kier molecular flexibility index (Phi) is 5.51. The molecule has 9 heavy (non-hydrogen) atoms. The van der Waals surface area contributed by atoms with E-state index in [2.05, 4.69) is 11.9 Å². The van der Waals surface area contributed by atoms with E-state index in [-0.39, 0.29) is 6.23 Å². The van der Waals surface area contributed by atoms with Gasteiger partial charge >= 0.3 is 0 Å². The number of hydrogen-bond donors (Lipinski definition) is 2. The van der Waals surface area contributed by atoms with Crippen LogP contribution in [0.1, 0.15) is 0 Å². The van der Waals surface area contributed by atoms with Crippen molar-refractivity contribution in [2.45, 2.75) is 6.23 Å². The van der Waals surface area contributed by atoms with Gasteiger partial charge in [-0.15, -0.1) is 6.58 Å². The molecule has 0 fully saturated rings. The van der Waals surface area contributed by atoms with Gasteiger partial charge in [0.05, 0.1) is 6.61 Å². The summed E-state index contributed by atoms with van der Waals surface area (Å²) in [6.07, 6.45) is 1.46. The number of ether oxygens (including phenoxy) is 1. The fraction of sp³-hybridized carbons (Fsp3) is 0.667. The topological polar surface area (TPSA) is 47.3 Å². The minimum absolute atomic E-state index is 0.215. The molecule has 0 aliphatic rings. The molecule has 0 aliphatic carbocycles. The van der Waals surface area contributed by atoms with Gasteiger partial charge in [-0.2, -0.15) is 0 Å². The van der Waals surface area contributed by atoms with E-state index in [1.165, 1.54) is 0 Å². The minimum Gasteiger partial charge on any atom is -0.358 e. The average molecular weight is 130 g/mol. The molecule has 0 bridgehead atoms. The van der Waals surface area contributed by atoms with Crippen molar-refractivity contribution in [1.29, 1.82) is 0 Å². The summed E-state index contributed by atoms with van der Waals surface area (Å²) in [7, 11) is 1.83. The quantitative estimate of drug-likeness (QED) is 0.396. The Morgan fingerprint density at radius 1 is 1.89 bits per heavy atom. The average Bonchev–Trinajstić information content (AvgIpc) is 1.85. The molecule has 0 aromatic heterocycles. The van der Waals surface area contributed by atoms with Gasteiger partial charge in [0, 0.05) is 6.54 Å². The van der Waals surface area contributed by atoms with Gasteiger partial charge in [-0.3, -0.25) is 0 Å². The van der Waals surface area contributed by atoms with Crippen molar-refractivity contribution in [3.8, 4) is 0 Å². The Morgan fingerprint density at radius 2 is 2.56 bits per heavy atom. The van der Waals surface area contributed by atoms with Crippen molar-refractivity contribution in [3.05, 3.63) is 12.7 Å². The summed E-state index contributed by atoms with van der Waals surface area (Å²) in [5, 5.41) is 2.89. The summed E-state index contributed by atoms with van der Waals surface area (Å²) in [6, 6.07) is 0. The van der Waals surface area contributed by atoms with E-state index in [1.807, 2.05) is 7.05 Å². The summed E-state index contributed by atoms with van der Waals surface area (Å²) in [6.45, 7) is 4.68. The number of hydrogen-bond acceptors (Lipinski definition) is 3. The van der Waals surface area contributed by atoms with Crippen molar-refractivity contribution in [2.24, 2.45) is 5.73 Å². The molecule has 3 nitrogen and oxygen atoms in total. The van der Waals surface area contributed by atoms with Crippen LogP contribution in [0.25, 0.3) is 0 Å². The maximum Gasteiger partial charge on any atom is 0.118 e. The van der Waals surface area contributed by atoms with Crippen LogP contribution in [-0.4, -0.2) is 26.4 Å². The first-order chi connectivity index (χ1) is 4.31. The van der Waals surface area contributed by atoms with Crippen LogP contribution < -0.4 is 11.1 Å². The molecule has 1 atom stereocenters. The summed E-state index contributed by atoms with van der Waals surface area (Å²) in [5.41, 5.74) is 5.44. The standard InChI is InChI=1S/C6H14N2O/c1-3-4-9-6(7)5-8-2/h3,6,8H,1,4-5,7H2,2H3. The second-order valence-electron chi connectivity index (χ2n) is 1.72. The van der Waals surface area contributed by atoms with Crippen molar-refractivity contribution >= 4 is 0 Å². The molecule has 0 heterocycles. The lowest BCUT2D eigenvalue weighted by Crippen LogP contribution is -2.34. The van der Waals surface area contributed by atoms with Crippen molar-refractivity contribution < 1.29 is 4.74 Å². The normalized spacial score (nSPS) is 13.1. The molecule has 54 valence electrons. The van der Waals surface area contributed by atoms with Crippen LogP contribution in [0.5, 0.6) is 0 Å². The van der Waals surface area contributed by atoms with Gasteiger partial charge in [-0.05, 0) is 7.05 Å². The number of nitrogens with one attached hydrogen (secondary N) is 1. The monoisotopic (exact) mass is 130 g/mol. The molecule has 0 saturated carbocycles. The van der Waals surface area contributed by atoms with Crippen LogP contribution in [0.15, 0.2) is 12.7 Å². The molecule has 0 saturated heterocycles. The van der Waals surface area contributed by atoms with Gasteiger partial charge < -0.3 is 15.8 Å². The summed E-state index contributed by atoms with van der Waals surface area (Å²) < 4.78 is 5.03. The van der Waals surface area contributed by atoms with Gasteiger partial charge in [0.25, 0.3) is 0 Å². The Hall–Kier alpha value is -0.380. The van der Waals surface area contributed by atoms with E-state index in [0.717, 1.165) is 0 Å². The molecule has 0 amide bonds. The van der Waals surface area contributed by atoms with E-state index in [0.29, 0.717) is 13.2 Å². The van der Waals surface area contributed by atoms with Crippen molar-refractivity contribution in [3.63, 3.8) is 0 Å². The third-order valence-corrected chi connectivity index (χ3v) is 0.833. The third kappa shape index (κ3) is 5.49. The maximum atomic E-state index is 5.44. The molecule has 0 rings (SSSR count). The number of rotatable bonds is 5. The lowest BCUT2D eigenvalue weighted by atomic mass is 10.5. The molecule has 3 heteroatoms. The van der Waals surface area contributed by atoms with Crippen LogP contribution >= 0.6 is 0 Å². The van der Waals surface area contributed by atoms with Crippen molar-refractivity contribution in [2.75, 3.05) is 20.2 Å². The number of likely N-dealkylation sites (N-methyl/N-ethyl adjacent to an activating group) is 1. The second kappa shape index (κ2) is 5.75. The van der Waals surface area contributed by atoms with Crippen LogP contribution in [-0.2, 0) is 4.74 Å². The van der Waals surface area contributed by atoms with Crippen molar-refractivity contribution in [1.82, 2.24) is 5.32 Å². The molecule has 0 aromatic carbocycles. The predicted octanol–water partition coefficient (Wildman–Crippen LogP) is -0.307. The molecule has 0 radical (unpaired) electrons. The highest BCUT2D eigenvalue weighted by Crippen LogP contribution is 1.79. The molecule has 0 aromatic rings. The van der Waals surface area contributed by atoms with Gasteiger partial charge in [0.15, 0.2) is 0 Å². The highest BCUT2D eigenvalue weighted by molar-refractivity contribution is 4.65. The van der Waals surface area contributed by atoms with E-state index in [4.69, 9.17) is 10.5 Å². The molecule has 0 aliphatic heterocycles. The predicted molar refractivity (Wildman–Crippen MR) is 38.1 cm³/mol. The van der Waals surface area contributed by atoms with Crippen LogP contribution in [0.3, 0.4) is 0 Å². The minimum atomic E-state index is -0.215. The van der Waals surface area contributed by atoms with Gasteiger partial charge in [-0.1, -0.05) is 6.08 Å². The smallest absolute Gasteiger partial charge is 0.118 e. The van der Waals surface area contributed by atoms with E-state index < -0.39 is 0 Å². The SMILES string of the molecule is C=CCOC(N)CNC. The first-order valence-corrected chi connectivity index (χ1v) is 2.94. The van der Waals surface area contributed by atoms with Crippen LogP contribution in [0.2, 0.25) is 0 Å². The zero-order chi connectivity index (χ0) is 7.11. The fourth-order valence-corrected chi connectivity index (χ4v) is 0.452. The second-order valence-corrected chi connectivity index (χ2v) is 1.72. The zero-order valence-electron chi connectivity index (χ0n) is 5.76. The Labute approximate surface area is 55.9 Å². The summed E-state index contributed by atoms with van der Waals surface area (Å²) >= 11 is 0. The van der Waals surface area contributed by atoms with Crippen LogP contribution in [0.4, 0.5) is 0 Å². The van der Waals surface area contributed by atoms with E-state index in [9.17, 15) is 0 Å². The molecular weight excluding hydrogens is 116 g/mol. The molecular formula is C6H14N2O. The lowest BCUT2D eigenvalue weighted by Gasteiger charge is -2.09. The highest BCUT2D eigenvalue weighted by atomic mass is 16.5. The maximum absolute atomic E-state index is 5.44. The first-order valence-electron chi connectivity index (χ1n) is 2.94. The van der Waals surface area contributed by atoms with Gasteiger partial charge in [-0.25, -0.2) is 0 Å². The van der Waals surface area contributed by atoms with Crippen LogP contribution in [0, 0.1) is 0 Å². The van der Waals surface area contributed by atoms with Gasteiger partial charge in [0.2, 0.25) is 0 Å². The fourth-order valence-electron chi connectivity index (χ4n) is 0.452. The molecule has 1 unspecified atom stereocenters. The largest absolute Gasteiger partial charge is 0.358 e. The molecule has 3 N–H and O–H groups in total. The lowest BCUT2D eigenvalue weighted by molar-refractivity contribution is 0.0806. The van der Waals surface area contributed by atoms with E-state index >= 15 is 0 Å². The third-order valence-electron chi connectivity index (χ3n) is 0.833. The summed E-state index contributed by atoms with van der Waals surface area (Å²) in [4.78, 5) is 0.